The second-order valence-corrected chi connectivity index (χ2v) is 8.24. The van der Waals surface area contributed by atoms with Gasteiger partial charge in [-0.2, -0.15) is 0 Å². The Bertz CT molecular complexity index is 1010. The van der Waals surface area contributed by atoms with Crippen molar-refractivity contribution in [1.29, 1.82) is 0 Å². The Morgan fingerprint density at radius 2 is 1.68 bits per heavy atom. The number of amides is 1. The van der Waals surface area contributed by atoms with E-state index in [9.17, 15) is 26.8 Å². The maximum atomic E-state index is 13.2. The summed E-state index contributed by atoms with van der Waals surface area (Å²) in [4.78, 5) is 23.8. The SMILES string of the molecule is CN(C)S(=O)(=O)c1ccc(NC(=O)COC(=O)c2cc(F)c(F)cc2Cl)cc1. The van der Waals surface area contributed by atoms with Gasteiger partial charge in [-0.1, -0.05) is 11.6 Å². The molecule has 11 heteroatoms. The third kappa shape index (κ3) is 5.03. The van der Waals surface area contributed by atoms with E-state index in [4.69, 9.17) is 16.3 Å². The van der Waals surface area contributed by atoms with Crippen molar-refractivity contribution < 1.29 is 31.5 Å². The topological polar surface area (TPSA) is 92.8 Å². The predicted molar refractivity (Wildman–Crippen MR) is 97.6 cm³/mol. The van der Waals surface area contributed by atoms with Crippen molar-refractivity contribution >= 4 is 39.2 Å². The molecule has 0 fully saturated rings. The quantitative estimate of drug-likeness (QED) is 0.559. The molecular weight excluding hydrogens is 418 g/mol. The van der Waals surface area contributed by atoms with E-state index >= 15 is 0 Å². The van der Waals surface area contributed by atoms with Crippen molar-refractivity contribution in [2.45, 2.75) is 4.90 Å². The zero-order valence-electron chi connectivity index (χ0n) is 14.7. The first-order chi connectivity index (χ1) is 13.0. The smallest absolute Gasteiger partial charge is 0.340 e. The normalized spacial score (nSPS) is 11.4. The maximum Gasteiger partial charge on any atom is 0.340 e. The van der Waals surface area contributed by atoms with Crippen LogP contribution in [0.25, 0.3) is 0 Å². The van der Waals surface area contributed by atoms with Gasteiger partial charge in [0.2, 0.25) is 10.0 Å². The molecule has 0 bridgehead atoms. The first-order valence-electron chi connectivity index (χ1n) is 7.66. The molecule has 2 rings (SSSR count). The van der Waals surface area contributed by atoms with E-state index < -0.39 is 45.7 Å². The van der Waals surface area contributed by atoms with Crippen LogP contribution in [-0.4, -0.2) is 45.3 Å². The van der Waals surface area contributed by atoms with Crippen molar-refractivity contribution in [3.63, 3.8) is 0 Å². The van der Waals surface area contributed by atoms with Crippen LogP contribution in [0.3, 0.4) is 0 Å². The van der Waals surface area contributed by atoms with Crippen LogP contribution in [0, 0.1) is 11.6 Å². The molecule has 0 unspecified atom stereocenters. The van der Waals surface area contributed by atoms with Crippen molar-refractivity contribution in [1.82, 2.24) is 4.31 Å². The number of rotatable bonds is 6. The molecule has 0 radical (unpaired) electrons. The fourth-order valence-electron chi connectivity index (χ4n) is 2.01. The Balaban J connectivity index is 1.98. The van der Waals surface area contributed by atoms with Gasteiger partial charge >= 0.3 is 5.97 Å². The molecule has 0 heterocycles. The highest BCUT2D eigenvalue weighted by molar-refractivity contribution is 7.89. The Kier molecular flexibility index (Phi) is 6.70. The first kappa shape index (κ1) is 21.7. The summed E-state index contributed by atoms with van der Waals surface area (Å²) in [6, 6.07) is 6.53. The third-order valence-electron chi connectivity index (χ3n) is 3.48. The number of nitrogens with one attached hydrogen (secondary N) is 1. The molecule has 1 amide bonds. The van der Waals surface area contributed by atoms with Crippen LogP contribution in [0.4, 0.5) is 14.5 Å². The Morgan fingerprint density at radius 1 is 1.11 bits per heavy atom. The molecule has 0 aromatic heterocycles. The molecule has 2 aromatic rings. The van der Waals surface area contributed by atoms with Gasteiger partial charge in [-0.3, -0.25) is 4.79 Å². The molecular formula is C17H15ClF2N2O5S. The van der Waals surface area contributed by atoms with E-state index in [2.05, 4.69) is 5.32 Å². The van der Waals surface area contributed by atoms with Gasteiger partial charge in [-0.25, -0.2) is 26.3 Å². The number of carbonyl (C=O) groups is 2. The Labute approximate surface area is 164 Å². The number of halogens is 3. The monoisotopic (exact) mass is 432 g/mol. The van der Waals surface area contributed by atoms with E-state index in [1.54, 1.807) is 0 Å². The number of hydrogen-bond donors (Lipinski definition) is 1. The average Bonchev–Trinajstić information content (AvgIpc) is 2.63. The van der Waals surface area contributed by atoms with Gasteiger partial charge in [0.05, 0.1) is 15.5 Å². The first-order valence-corrected chi connectivity index (χ1v) is 9.48. The number of benzene rings is 2. The van der Waals surface area contributed by atoms with E-state index in [0.717, 1.165) is 4.31 Å². The van der Waals surface area contributed by atoms with Gasteiger partial charge in [-0.05, 0) is 36.4 Å². The van der Waals surface area contributed by atoms with E-state index in [1.807, 2.05) is 0 Å². The van der Waals surface area contributed by atoms with Crippen LogP contribution in [0.2, 0.25) is 5.02 Å². The number of hydrogen-bond acceptors (Lipinski definition) is 5. The lowest BCUT2D eigenvalue weighted by molar-refractivity contribution is -0.119. The molecule has 0 atom stereocenters. The third-order valence-corrected chi connectivity index (χ3v) is 5.62. The molecule has 0 aliphatic carbocycles. The lowest BCUT2D eigenvalue weighted by Crippen LogP contribution is -2.22. The summed E-state index contributed by atoms with van der Waals surface area (Å²) in [5.74, 6) is -4.34. The van der Waals surface area contributed by atoms with Crippen molar-refractivity contribution in [3.8, 4) is 0 Å². The fraction of sp³-hybridized carbons (Fsp3) is 0.176. The Hall–Kier alpha value is -2.56. The number of carbonyl (C=O) groups excluding carboxylic acids is 2. The summed E-state index contributed by atoms with van der Waals surface area (Å²) in [7, 11) is -0.828. The number of sulfonamides is 1. The molecule has 28 heavy (non-hydrogen) atoms. The van der Waals surface area contributed by atoms with Crippen molar-refractivity contribution in [2.75, 3.05) is 26.0 Å². The minimum Gasteiger partial charge on any atom is -0.452 e. The highest BCUT2D eigenvalue weighted by atomic mass is 35.5. The molecule has 0 aliphatic rings. The van der Waals surface area contributed by atoms with Gasteiger partial charge in [-0.15, -0.1) is 0 Å². The highest BCUT2D eigenvalue weighted by Crippen LogP contribution is 2.21. The van der Waals surface area contributed by atoms with Gasteiger partial charge in [0, 0.05) is 19.8 Å². The molecule has 0 saturated carbocycles. The summed E-state index contributed by atoms with van der Waals surface area (Å²) in [5.41, 5.74) is -0.156. The average molecular weight is 433 g/mol. The van der Waals surface area contributed by atoms with Crippen LogP contribution < -0.4 is 5.32 Å². The standard InChI is InChI=1S/C17H15ClF2N2O5S/c1-22(2)28(25,26)11-5-3-10(4-6-11)21-16(23)9-27-17(24)12-7-14(19)15(20)8-13(12)18/h3-8H,9H2,1-2H3,(H,21,23). The molecule has 150 valence electrons. The lowest BCUT2D eigenvalue weighted by atomic mass is 10.2. The summed E-state index contributed by atoms with van der Waals surface area (Å²) in [6.07, 6.45) is 0. The number of esters is 1. The summed E-state index contributed by atoms with van der Waals surface area (Å²) in [6.45, 7) is -0.716. The largest absolute Gasteiger partial charge is 0.452 e. The second-order valence-electron chi connectivity index (χ2n) is 5.68. The summed E-state index contributed by atoms with van der Waals surface area (Å²) in [5, 5.41) is 2.04. The zero-order valence-corrected chi connectivity index (χ0v) is 16.3. The van der Waals surface area contributed by atoms with Crippen LogP contribution in [0.5, 0.6) is 0 Å². The fourth-order valence-corrected chi connectivity index (χ4v) is 3.14. The van der Waals surface area contributed by atoms with Crippen molar-refractivity contribution in [3.05, 3.63) is 58.6 Å². The van der Waals surface area contributed by atoms with E-state index in [-0.39, 0.29) is 15.6 Å². The summed E-state index contributed by atoms with van der Waals surface area (Å²) >= 11 is 5.65. The molecule has 7 nitrogen and oxygen atoms in total. The maximum absolute atomic E-state index is 13.2. The Morgan fingerprint density at radius 3 is 2.25 bits per heavy atom. The molecule has 2 aromatic carbocycles. The lowest BCUT2D eigenvalue weighted by Gasteiger charge is -2.12. The van der Waals surface area contributed by atoms with Crippen molar-refractivity contribution in [2.24, 2.45) is 0 Å². The van der Waals surface area contributed by atoms with E-state index in [0.29, 0.717) is 12.1 Å². The van der Waals surface area contributed by atoms with E-state index in [1.165, 1.54) is 38.4 Å². The minimum absolute atomic E-state index is 0.0369. The predicted octanol–water partition coefficient (Wildman–Crippen LogP) is 2.66. The van der Waals surface area contributed by atoms with Gasteiger partial charge in [0.1, 0.15) is 0 Å². The molecule has 0 saturated heterocycles. The molecule has 0 aliphatic heterocycles. The van der Waals surface area contributed by atoms with Crippen LogP contribution in [0.15, 0.2) is 41.3 Å². The van der Waals surface area contributed by atoms with Crippen LogP contribution in [-0.2, 0) is 19.6 Å². The van der Waals surface area contributed by atoms with Gasteiger partial charge < -0.3 is 10.1 Å². The zero-order chi connectivity index (χ0) is 21.1. The number of nitrogens with zero attached hydrogens (tertiary/aromatic N) is 1. The number of anilines is 1. The summed E-state index contributed by atoms with van der Waals surface area (Å²) < 4.78 is 55.9. The molecule has 0 spiro atoms. The van der Waals surface area contributed by atoms with Gasteiger partial charge in [0.15, 0.2) is 18.2 Å². The molecule has 1 N–H and O–H groups in total. The number of ether oxygens (including phenoxy) is 1. The second kappa shape index (κ2) is 8.63. The highest BCUT2D eigenvalue weighted by Gasteiger charge is 2.19. The minimum atomic E-state index is -3.60. The van der Waals surface area contributed by atoms with Gasteiger partial charge in [0.25, 0.3) is 5.91 Å². The van der Waals surface area contributed by atoms with Crippen LogP contribution in [0.1, 0.15) is 10.4 Å². The van der Waals surface area contributed by atoms with Crippen LogP contribution >= 0.6 is 11.6 Å².